The van der Waals surface area contributed by atoms with Crippen LogP contribution in [0.2, 0.25) is 0 Å². The van der Waals surface area contributed by atoms with Crippen molar-refractivity contribution in [2.45, 2.75) is 52.6 Å². The van der Waals surface area contributed by atoms with Gasteiger partial charge in [-0.15, -0.1) is 0 Å². The van der Waals surface area contributed by atoms with Crippen LogP contribution >= 0.6 is 0 Å². The van der Waals surface area contributed by atoms with Crippen molar-refractivity contribution in [3.63, 3.8) is 0 Å². The molecule has 0 aromatic carbocycles. The number of ketones is 1. The van der Waals surface area contributed by atoms with Crippen LogP contribution in [0.25, 0.3) is 0 Å². The number of ether oxygens (including phenoxy) is 1. The molecule has 0 heterocycles. The number of carbonyl (C=O) groups excluding carboxylic acids is 1. The Hall–Kier alpha value is -0.630. The van der Waals surface area contributed by atoms with E-state index in [9.17, 15) is 4.79 Å². The van der Waals surface area contributed by atoms with Gasteiger partial charge in [-0.2, -0.15) is 0 Å². The molecule has 0 aromatic heterocycles. The monoisotopic (exact) mass is 198 g/mol. The standard InChI is InChI=1S/C12H22O2/c1-5-6-7-12(14-4)9-8-10(2)11(3)13/h8,12H,5-7,9H2,1-4H3. The minimum Gasteiger partial charge on any atom is -0.381 e. The van der Waals surface area contributed by atoms with E-state index in [1.807, 2.05) is 13.0 Å². The number of Topliss-reactive ketones (excluding diaryl/α,β-unsaturated/α-hetero) is 1. The van der Waals surface area contributed by atoms with Crippen LogP contribution in [0, 0.1) is 0 Å². The average molecular weight is 198 g/mol. The molecular formula is C12H22O2. The number of hydrogen-bond acceptors (Lipinski definition) is 2. The predicted molar refractivity (Wildman–Crippen MR) is 59.4 cm³/mol. The summed E-state index contributed by atoms with van der Waals surface area (Å²) in [4.78, 5) is 10.9. The summed E-state index contributed by atoms with van der Waals surface area (Å²) in [5.41, 5.74) is 0.837. The van der Waals surface area contributed by atoms with Crippen molar-refractivity contribution in [2.24, 2.45) is 0 Å². The summed E-state index contributed by atoms with van der Waals surface area (Å²) < 4.78 is 5.33. The summed E-state index contributed by atoms with van der Waals surface area (Å²) in [5, 5.41) is 0. The molecule has 2 heteroatoms. The SMILES string of the molecule is CCCCC(CC=C(C)C(C)=O)OC. The van der Waals surface area contributed by atoms with Crippen LogP contribution in [0.4, 0.5) is 0 Å². The lowest BCUT2D eigenvalue weighted by Gasteiger charge is -2.12. The number of carbonyl (C=O) groups is 1. The maximum absolute atomic E-state index is 10.9. The second-order valence-corrected chi connectivity index (χ2v) is 3.68. The Labute approximate surface area is 87.3 Å². The summed E-state index contributed by atoms with van der Waals surface area (Å²) in [5.74, 6) is 0.148. The van der Waals surface area contributed by atoms with Crippen LogP contribution in [-0.2, 0) is 9.53 Å². The van der Waals surface area contributed by atoms with E-state index in [2.05, 4.69) is 6.92 Å². The largest absolute Gasteiger partial charge is 0.381 e. The third-order valence-corrected chi connectivity index (χ3v) is 2.46. The number of allylic oxidation sites excluding steroid dienone is 1. The summed E-state index contributed by atoms with van der Waals surface area (Å²) in [6.45, 7) is 5.62. The first-order valence-corrected chi connectivity index (χ1v) is 5.32. The Morgan fingerprint density at radius 3 is 2.50 bits per heavy atom. The van der Waals surface area contributed by atoms with E-state index >= 15 is 0 Å². The van der Waals surface area contributed by atoms with Crippen molar-refractivity contribution in [3.05, 3.63) is 11.6 Å². The Morgan fingerprint density at radius 2 is 2.07 bits per heavy atom. The number of methoxy groups -OCH3 is 1. The van der Waals surface area contributed by atoms with E-state index in [1.165, 1.54) is 12.8 Å². The average Bonchev–Trinajstić information content (AvgIpc) is 2.17. The fraction of sp³-hybridized carbons (Fsp3) is 0.750. The van der Waals surface area contributed by atoms with Crippen molar-refractivity contribution in [1.29, 1.82) is 0 Å². The molecule has 0 fully saturated rings. The van der Waals surface area contributed by atoms with Crippen LogP contribution in [0.5, 0.6) is 0 Å². The molecule has 0 aromatic rings. The molecule has 0 aliphatic rings. The molecule has 1 atom stereocenters. The number of hydrogen-bond donors (Lipinski definition) is 0. The molecule has 0 saturated carbocycles. The zero-order valence-electron chi connectivity index (χ0n) is 9.80. The molecule has 0 radical (unpaired) electrons. The fourth-order valence-electron chi connectivity index (χ4n) is 1.22. The summed E-state index contributed by atoms with van der Waals surface area (Å²) in [7, 11) is 1.73. The molecule has 0 aliphatic heterocycles. The zero-order chi connectivity index (χ0) is 11.0. The Kier molecular flexibility index (Phi) is 7.40. The Balaban J connectivity index is 3.93. The predicted octanol–water partition coefficient (Wildman–Crippen LogP) is 3.12. The third kappa shape index (κ3) is 5.92. The maximum atomic E-state index is 10.9. The highest BCUT2D eigenvalue weighted by atomic mass is 16.5. The van der Waals surface area contributed by atoms with Gasteiger partial charge in [0.2, 0.25) is 0 Å². The molecule has 0 amide bonds. The second-order valence-electron chi connectivity index (χ2n) is 3.68. The minimum atomic E-state index is 0.148. The lowest BCUT2D eigenvalue weighted by atomic mass is 10.1. The smallest absolute Gasteiger partial charge is 0.155 e. The molecule has 82 valence electrons. The normalized spacial score (nSPS) is 14.1. The van der Waals surface area contributed by atoms with E-state index in [1.54, 1.807) is 14.0 Å². The quantitative estimate of drug-likeness (QED) is 0.587. The molecule has 0 bridgehead atoms. The van der Waals surface area contributed by atoms with Gasteiger partial charge in [0.25, 0.3) is 0 Å². The van der Waals surface area contributed by atoms with Gasteiger partial charge in [-0.05, 0) is 32.3 Å². The van der Waals surface area contributed by atoms with Crippen molar-refractivity contribution < 1.29 is 9.53 Å². The first-order valence-electron chi connectivity index (χ1n) is 5.32. The Bertz CT molecular complexity index is 194. The summed E-state index contributed by atoms with van der Waals surface area (Å²) in [6.07, 6.45) is 6.55. The van der Waals surface area contributed by atoms with Gasteiger partial charge in [-0.25, -0.2) is 0 Å². The molecule has 0 saturated heterocycles. The van der Waals surface area contributed by atoms with Gasteiger partial charge in [0, 0.05) is 7.11 Å². The molecule has 0 N–H and O–H groups in total. The minimum absolute atomic E-state index is 0.148. The van der Waals surface area contributed by atoms with Crippen LogP contribution in [-0.4, -0.2) is 19.0 Å². The summed E-state index contributed by atoms with van der Waals surface area (Å²) >= 11 is 0. The van der Waals surface area contributed by atoms with Gasteiger partial charge in [-0.1, -0.05) is 25.8 Å². The summed E-state index contributed by atoms with van der Waals surface area (Å²) in [6, 6.07) is 0. The fourth-order valence-corrected chi connectivity index (χ4v) is 1.22. The van der Waals surface area contributed by atoms with Gasteiger partial charge in [0.05, 0.1) is 6.10 Å². The van der Waals surface area contributed by atoms with Gasteiger partial charge >= 0.3 is 0 Å². The second kappa shape index (κ2) is 7.74. The highest BCUT2D eigenvalue weighted by Crippen LogP contribution is 2.10. The van der Waals surface area contributed by atoms with E-state index in [-0.39, 0.29) is 11.9 Å². The lowest BCUT2D eigenvalue weighted by molar-refractivity contribution is -0.113. The van der Waals surface area contributed by atoms with E-state index in [0.717, 1.165) is 18.4 Å². The lowest BCUT2D eigenvalue weighted by Crippen LogP contribution is -2.09. The topological polar surface area (TPSA) is 26.3 Å². The van der Waals surface area contributed by atoms with Gasteiger partial charge in [0.15, 0.2) is 5.78 Å². The molecule has 0 aliphatic carbocycles. The molecule has 0 rings (SSSR count). The highest BCUT2D eigenvalue weighted by Gasteiger charge is 2.05. The van der Waals surface area contributed by atoms with Crippen molar-refractivity contribution in [2.75, 3.05) is 7.11 Å². The molecule has 14 heavy (non-hydrogen) atoms. The van der Waals surface area contributed by atoms with Crippen LogP contribution in [0.15, 0.2) is 11.6 Å². The first kappa shape index (κ1) is 13.4. The molecule has 2 nitrogen and oxygen atoms in total. The van der Waals surface area contributed by atoms with Crippen LogP contribution in [0.1, 0.15) is 46.5 Å². The zero-order valence-corrected chi connectivity index (χ0v) is 9.80. The van der Waals surface area contributed by atoms with Crippen molar-refractivity contribution in [1.82, 2.24) is 0 Å². The van der Waals surface area contributed by atoms with Gasteiger partial charge < -0.3 is 4.74 Å². The molecular weight excluding hydrogens is 176 g/mol. The van der Waals surface area contributed by atoms with Gasteiger partial charge in [-0.3, -0.25) is 4.79 Å². The van der Waals surface area contributed by atoms with Crippen LogP contribution < -0.4 is 0 Å². The third-order valence-electron chi connectivity index (χ3n) is 2.46. The number of unbranched alkanes of at least 4 members (excludes halogenated alkanes) is 1. The molecule has 0 spiro atoms. The van der Waals surface area contributed by atoms with E-state index < -0.39 is 0 Å². The molecule has 1 unspecified atom stereocenters. The van der Waals surface area contributed by atoms with E-state index in [0.29, 0.717) is 0 Å². The van der Waals surface area contributed by atoms with Gasteiger partial charge in [0.1, 0.15) is 0 Å². The van der Waals surface area contributed by atoms with Crippen LogP contribution in [0.3, 0.4) is 0 Å². The highest BCUT2D eigenvalue weighted by molar-refractivity contribution is 5.92. The first-order chi connectivity index (χ1) is 6.61. The van der Waals surface area contributed by atoms with E-state index in [4.69, 9.17) is 4.74 Å². The number of rotatable bonds is 7. The maximum Gasteiger partial charge on any atom is 0.155 e. The van der Waals surface area contributed by atoms with Crippen molar-refractivity contribution >= 4 is 5.78 Å². The Morgan fingerprint density at radius 1 is 1.43 bits per heavy atom. The van der Waals surface area contributed by atoms with Crippen molar-refractivity contribution in [3.8, 4) is 0 Å².